The molecule has 7 nitrogen and oxygen atoms in total. The largest absolute Gasteiger partial charge is 0.375 e. The molecular weight excluding hydrogens is 452 g/mol. The average molecular weight is 485 g/mol. The third-order valence-corrected chi connectivity index (χ3v) is 7.94. The lowest BCUT2D eigenvalue weighted by molar-refractivity contribution is -0.148. The Morgan fingerprint density at radius 3 is 2.76 bits per heavy atom. The van der Waals surface area contributed by atoms with Crippen LogP contribution >= 0.6 is 12.4 Å². The molecule has 4 heterocycles. The highest BCUT2D eigenvalue weighted by molar-refractivity contribution is 5.85. The minimum atomic E-state index is -0.409. The molecule has 1 spiro atoms. The van der Waals surface area contributed by atoms with E-state index in [4.69, 9.17) is 14.5 Å². The number of carbonyl (C=O) groups excluding carboxylic acids is 1. The monoisotopic (exact) mass is 484 g/mol. The molecular formula is C26H33ClN4O3. The Hall–Kier alpha value is -2.06. The van der Waals surface area contributed by atoms with E-state index in [0.29, 0.717) is 18.6 Å². The van der Waals surface area contributed by atoms with E-state index >= 15 is 0 Å². The van der Waals surface area contributed by atoms with E-state index < -0.39 is 5.60 Å². The first-order chi connectivity index (χ1) is 16.2. The summed E-state index contributed by atoms with van der Waals surface area (Å²) in [6.07, 6.45) is 7.46. The van der Waals surface area contributed by atoms with Gasteiger partial charge in [0.15, 0.2) is 5.82 Å². The molecule has 3 atom stereocenters. The number of likely N-dealkylation sites (tertiary alicyclic amines) is 1. The SMILES string of the molecule is Cl.O=C([C@H]1CC[C@H]2OCCN[C@@H]2C1)N1CCC2(CC1)OCCc1cnc(-c3ccccc3)nc12. The van der Waals surface area contributed by atoms with Crippen molar-refractivity contribution in [2.24, 2.45) is 5.92 Å². The van der Waals surface area contributed by atoms with Crippen LogP contribution in [0.25, 0.3) is 11.4 Å². The van der Waals surface area contributed by atoms with Crippen molar-refractivity contribution in [3.63, 3.8) is 0 Å². The highest BCUT2D eigenvalue weighted by Gasteiger charge is 2.45. The van der Waals surface area contributed by atoms with Crippen LogP contribution in [0.1, 0.15) is 43.4 Å². The van der Waals surface area contributed by atoms with Gasteiger partial charge >= 0.3 is 0 Å². The standard InChI is InChI=1S/C26H32N4O3.ClH/c31-25(19-6-7-22-21(16-19)27-11-15-32-22)30-12-9-26(10-13-30)23-20(8-14-33-26)17-28-24(29-23)18-4-2-1-3-5-18;/h1-5,17,19,21-22,27H,6-16H2;1H/t19-,21+,22+;/m0./s1. The van der Waals surface area contributed by atoms with Crippen LogP contribution in [-0.4, -0.2) is 65.8 Å². The molecule has 1 saturated carbocycles. The molecule has 2 saturated heterocycles. The zero-order valence-electron chi connectivity index (χ0n) is 19.4. The average Bonchev–Trinajstić information content (AvgIpc) is 2.89. The molecule has 1 aromatic carbocycles. The van der Waals surface area contributed by atoms with Gasteiger partial charge in [-0.25, -0.2) is 9.97 Å². The van der Waals surface area contributed by atoms with Gasteiger partial charge in [0.2, 0.25) is 5.91 Å². The van der Waals surface area contributed by atoms with Gasteiger partial charge in [-0.2, -0.15) is 0 Å². The number of nitrogens with one attached hydrogen (secondary N) is 1. The minimum absolute atomic E-state index is 0. The zero-order chi connectivity index (χ0) is 22.3. The number of aromatic nitrogens is 2. The maximum atomic E-state index is 13.4. The smallest absolute Gasteiger partial charge is 0.225 e. The molecule has 2 aromatic rings. The Morgan fingerprint density at radius 2 is 1.94 bits per heavy atom. The van der Waals surface area contributed by atoms with Gasteiger partial charge in [0.05, 0.1) is 25.0 Å². The molecule has 0 bridgehead atoms. The van der Waals surface area contributed by atoms with Crippen molar-refractivity contribution in [3.8, 4) is 11.4 Å². The minimum Gasteiger partial charge on any atom is -0.375 e. The number of piperidine rings is 1. The van der Waals surface area contributed by atoms with E-state index in [1.165, 1.54) is 5.56 Å². The Bertz CT molecular complexity index is 1010. The first kappa shape index (κ1) is 23.7. The van der Waals surface area contributed by atoms with Crippen LogP contribution in [0.3, 0.4) is 0 Å². The number of benzene rings is 1. The third-order valence-electron chi connectivity index (χ3n) is 7.94. The van der Waals surface area contributed by atoms with E-state index in [0.717, 1.165) is 81.8 Å². The van der Waals surface area contributed by atoms with Gasteiger partial charge in [-0.05, 0) is 44.1 Å². The molecule has 3 aliphatic heterocycles. The van der Waals surface area contributed by atoms with Crippen LogP contribution in [0, 0.1) is 5.92 Å². The van der Waals surface area contributed by atoms with Crippen molar-refractivity contribution in [2.75, 3.05) is 32.8 Å². The van der Waals surface area contributed by atoms with Gasteiger partial charge < -0.3 is 19.7 Å². The molecule has 1 amide bonds. The van der Waals surface area contributed by atoms with Crippen LogP contribution in [0.2, 0.25) is 0 Å². The number of hydrogen-bond acceptors (Lipinski definition) is 6. The maximum Gasteiger partial charge on any atom is 0.225 e. The van der Waals surface area contributed by atoms with E-state index in [1.54, 1.807) is 0 Å². The molecule has 3 fully saturated rings. The second-order valence-corrected chi connectivity index (χ2v) is 9.83. The van der Waals surface area contributed by atoms with Crippen LogP contribution in [0.5, 0.6) is 0 Å². The summed E-state index contributed by atoms with van der Waals surface area (Å²) >= 11 is 0. The topological polar surface area (TPSA) is 76.6 Å². The molecule has 1 aromatic heterocycles. The molecule has 0 unspecified atom stereocenters. The van der Waals surface area contributed by atoms with Crippen molar-refractivity contribution in [1.82, 2.24) is 20.2 Å². The number of amides is 1. The van der Waals surface area contributed by atoms with Gasteiger partial charge in [0.25, 0.3) is 0 Å². The summed E-state index contributed by atoms with van der Waals surface area (Å²) in [5, 5.41) is 3.56. The maximum absolute atomic E-state index is 13.4. The number of nitrogens with zero attached hydrogens (tertiary/aromatic N) is 3. The molecule has 4 aliphatic rings. The quantitative estimate of drug-likeness (QED) is 0.705. The summed E-state index contributed by atoms with van der Waals surface area (Å²) in [4.78, 5) is 25.1. The van der Waals surface area contributed by atoms with Crippen LogP contribution in [0.4, 0.5) is 0 Å². The van der Waals surface area contributed by atoms with Crippen molar-refractivity contribution in [2.45, 2.75) is 56.3 Å². The van der Waals surface area contributed by atoms with Crippen molar-refractivity contribution >= 4 is 18.3 Å². The van der Waals surface area contributed by atoms with E-state index in [1.807, 2.05) is 36.5 Å². The molecule has 34 heavy (non-hydrogen) atoms. The predicted molar refractivity (Wildman–Crippen MR) is 131 cm³/mol. The Labute approximate surface area is 207 Å². The Balaban J connectivity index is 0.00000241. The van der Waals surface area contributed by atoms with Gasteiger partial charge in [0, 0.05) is 43.4 Å². The first-order valence-electron chi connectivity index (χ1n) is 12.4. The molecule has 6 rings (SSSR count). The zero-order valence-corrected chi connectivity index (χ0v) is 20.3. The third kappa shape index (κ3) is 4.35. The lowest BCUT2D eigenvalue weighted by Gasteiger charge is -2.45. The predicted octanol–water partition coefficient (Wildman–Crippen LogP) is 3.11. The number of morpholine rings is 1. The van der Waals surface area contributed by atoms with Crippen molar-refractivity contribution in [3.05, 3.63) is 47.8 Å². The van der Waals surface area contributed by atoms with E-state index in [2.05, 4.69) is 15.2 Å². The highest BCUT2D eigenvalue weighted by Crippen LogP contribution is 2.41. The van der Waals surface area contributed by atoms with Gasteiger partial charge in [-0.15, -0.1) is 12.4 Å². The number of hydrogen-bond donors (Lipinski definition) is 1. The Morgan fingerprint density at radius 1 is 1.12 bits per heavy atom. The first-order valence-corrected chi connectivity index (χ1v) is 12.4. The lowest BCUT2D eigenvalue weighted by Crippen LogP contribution is -2.55. The fraction of sp³-hybridized carbons (Fsp3) is 0.577. The molecule has 182 valence electrons. The number of ether oxygens (including phenoxy) is 2. The van der Waals surface area contributed by atoms with Crippen LogP contribution in [0.15, 0.2) is 36.5 Å². The summed E-state index contributed by atoms with van der Waals surface area (Å²) in [7, 11) is 0. The van der Waals surface area contributed by atoms with Crippen LogP contribution in [-0.2, 0) is 26.3 Å². The lowest BCUT2D eigenvalue weighted by atomic mass is 9.80. The van der Waals surface area contributed by atoms with Gasteiger partial charge in [0.1, 0.15) is 5.60 Å². The molecule has 1 aliphatic carbocycles. The van der Waals surface area contributed by atoms with Crippen molar-refractivity contribution < 1.29 is 14.3 Å². The number of rotatable bonds is 2. The summed E-state index contributed by atoms with van der Waals surface area (Å²) in [6.45, 7) is 3.80. The highest BCUT2D eigenvalue weighted by atomic mass is 35.5. The molecule has 1 N–H and O–H groups in total. The second-order valence-electron chi connectivity index (χ2n) is 9.83. The summed E-state index contributed by atoms with van der Waals surface area (Å²) < 4.78 is 12.3. The fourth-order valence-corrected chi connectivity index (χ4v) is 6.10. The molecule has 8 heteroatoms. The number of fused-ring (bicyclic) bond motifs is 3. The fourth-order valence-electron chi connectivity index (χ4n) is 6.10. The second kappa shape index (κ2) is 9.90. The van der Waals surface area contributed by atoms with Gasteiger partial charge in [-0.1, -0.05) is 30.3 Å². The summed E-state index contributed by atoms with van der Waals surface area (Å²) in [6, 6.07) is 10.4. The van der Waals surface area contributed by atoms with E-state index in [-0.39, 0.29) is 24.4 Å². The Kier molecular flexibility index (Phi) is 6.89. The van der Waals surface area contributed by atoms with Crippen molar-refractivity contribution in [1.29, 1.82) is 0 Å². The number of carbonyl (C=O) groups is 1. The normalized spacial score (nSPS) is 27.9. The van der Waals surface area contributed by atoms with E-state index in [9.17, 15) is 4.79 Å². The van der Waals surface area contributed by atoms with Crippen LogP contribution < -0.4 is 5.32 Å². The summed E-state index contributed by atoms with van der Waals surface area (Å²) in [5.41, 5.74) is 2.82. The number of halogens is 1. The summed E-state index contributed by atoms with van der Waals surface area (Å²) in [5.74, 6) is 1.15. The van der Waals surface area contributed by atoms with Gasteiger partial charge in [-0.3, -0.25) is 4.79 Å². The molecule has 0 radical (unpaired) electrons.